The van der Waals surface area contributed by atoms with Gasteiger partial charge < -0.3 is 25.2 Å². The lowest BCUT2D eigenvalue weighted by molar-refractivity contribution is -0.140. The van der Waals surface area contributed by atoms with Gasteiger partial charge in [0.2, 0.25) is 5.91 Å². The van der Waals surface area contributed by atoms with E-state index in [4.69, 9.17) is 9.47 Å². The molecule has 0 fully saturated rings. The van der Waals surface area contributed by atoms with Crippen LogP contribution in [0, 0.1) is 5.92 Å². The minimum absolute atomic E-state index is 0.0705. The van der Waals surface area contributed by atoms with Gasteiger partial charge in [0.05, 0.1) is 12.5 Å². The van der Waals surface area contributed by atoms with Gasteiger partial charge >= 0.3 is 12.1 Å². The van der Waals surface area contributed by atoms with Crippen LogP contribution in [-0.4, -0.2) is 55.5 Å². The number of nitrogens with one attached hydrogen (secondary N) is 2. The molecule has 3 atom stereocenters. The minimum Gasteiger partial charge on any atom is -0.481 e. The highest BCUT2D eigenvalue weighted by Gasteiger charge is 2.30. The van der Waals surface area contributed by atoms with Crippen molar-refractivity contribution in [3.8, 4) is 11.1 Å². The molecule has 0 aromatic heterocycles. The second kappa shape index (κ2) is 11.7. The maximum absolute atomic E-state index is 12.6. The van der Waals surface area contributed by atoms with Gasteiger partial charge in [-0.05, 0) is 28.2 Å². The maximum atomic E-state index is 12.6. The Bertz CT molecular complexity index is 978. The van der Waals surface area contributed by atoms with Crippen molar-refractivity contribution >= 4 is 18.0 Å². The van der Waals surface area contributed by atoms with E-state index in [1.54, 1.807) is 7.11 Å². The second-order valence-electron chi connectivity index (χ2n) is 8.53. The number of carboxylic acid groups (broad SMARTS) is 1. The Hall–Kier alpha value is -3.39. The van der Waals surface area contributed by atoms with E-state index in [0.29, 0.717) is 0 Å². The molecule has 182 valence electrons. The molecule has 34 heavy (non-hydrogen) atoms. The van der Waals surface area contributed by atoms with Gasteiger partial charge in [-0.15, -0.1) is 0 Å². The fraction of sp³-hybridized carbons (Fsp3) is 0.423. The largest absolute Gasteiger partial charge is 0.481 e. The first kappa shape index (κ1) is 25.2. The Morgan fingerprint density at radius 1 is 1.03 bits per heavy atom. The average Bonchev–Trinajstić information content (AvgIpc) is 3.15. The highest BCUT2D eigenvalue weighted by atomic mass is 16.5. The zero-order valence-electron chi connectivity index (χ0n) is 19.7. The third-order valence-corrected chi connectivity index (χ3v) is 6.39. The summed E-state index contributed by atoms with van der Waals surface area (Å²) < 4.78 is 10.9. The first-order valence-electron chi connectivity index (χ1n) is 11.5. The van der Waals surface area contributed by atoms with E-state index in [2.05, 4.69) is 10.6 Å². The van der Waals surface area contributed by atoms with Gasteiger partial charge in [0, 0.05) is 19.6 Å². The van der Waals surface area contributed by atoms with Gasteiger partial charge in [-0.1, -0.05) is 68.8 Å². The van der Waals surface area contributed by atoms with Crippen molar-refractivity contribution in [2.24, 2.45) is 5.92 Å². The molecule has 2 amide bonds. The number of carbonyl (C=O) groups is 3. The Labute approximate surface area is 199 Å². The lowest BCUT2D eigenvalue weighted by atomic mass is 9.98. The molecule has 0 radical (unpaired) electrons. The Kier molecular flexibility index (Phi) is 8.65. The molecule has 0 saturated heterocycles. The average molecular weight is 469 g/mol. The number of benzene rings is 2. The Morgan fingerprint density at radius 2 is 1.62 bits per heavy atom. The Balaban J connectivity index is 1.62. The van der Waals surface area contributed by atoms with Gasteiger partial charge in [-0.25, -0.2) is 4.79 Å². The van der Waals surface area contributed by atoms with Crippen molar-refractivity contribution in [1.29, 1.82) is 0 Å². The number of hydrogen-bond acceptors (Lipinski definition) is 5. The van der Waals surface area contributed by atoms with Gasteiger partial charge in [0.1, 0.15) is 12.6 Å². The Morgan fingerprint density at radius 3 is 2.15 bits per heavy atom. The minimum atomic E-state index is -1.26. The van der Waals surface area contributed by atoms with E-state index in [1.807, 2.05) is 62.4 Å². The van der Waals surface area contributed by atoms with Crippen LogP contribution in [0.15, 0.2) is 48.5 Å². The summed E-state index contributed by atoms with van der Waals surface area (Å²) in [5.41, 5.74) is 4.33. The van der Waals surface area contributed by atoms with E-state index < -0.39 is 30.4 Å². The van der Waals surface area contributed by atoms with Crippen molar-refractivity contribution in [3.63, 3.8) is 0 Å². The molecule has 0 aliphatic heterocycles. The van der Waals surface area contributed by atoms with Gasteiger partial charge in [-0.3, -0.25) is 9.59 Å². The summed E-state index contributed by atoms with van der Waals surface area (Å²) in [6, 6.07) is 14.6. The second-order valence-corrected chi connectivity index (χ2v) is 8.53. The number of rotatable bonds is 11. The van der Waals surface area contributed by atoms with E-state index in [9.17, 15) is 19.5 Å². The quantitative estimate of drug-likeness (QED) is 0.465. The van der Waals surface area contributed by atoms with Crippen LogP contribution >= 0.6 is 0 Å². The molecule has 8 nitrogen and oxygen atoms in total. The van der Waals surface area contributed by atoms with Crippen molar-refractivity contribution in [2.45, 2.75) is 44.8 Å². The highest BCUT2D eigenvalue weighted by Crippen LogP contribution is 2.44. The van der Waals surface area contributed by atoms with Crippen molar-refractivity contribution < 1.29 is 29.0 Å². The molecule has 3 N–H and O–H groups in total. The van der Waals surface area contributed by atoms with Crippen LogP contribution in [0.25, 0.3) is 11.1 Å². The topological polar surface area (TPSA) is 114 Å². The van der Waals surface area contributed by atoms with E-state index in [1.165, 1.54) is 0 Å². The molecule has 3 rings (SSSR count). The van der Waals surface area contributed by atoms with Crippen molar-refractivity contribution in [1.82, 2.24) is 10.6 Å². The summed E-state index contributed by atoms with van der Waals surface area (Å²) in [6.07, 6.45) is -0.746. The molecule has 3 unspecified atom stereocenters. The predicted molar refractivity (Wildman–Crippen MR) is 128 cm³/mol. The monoisotopic (exact) mass is 468 g/mol. The maximum Gasteiger partial charge on any atom is 0.407 e. The van der Waals surface area contributed by atoms with Crippen LogP contribution in [0.5, 0.6) is 0 Å². The zero-order chi connectivity index (χ0) is 24.7. The number of hydrogen-bond donors (Lipinski definition) is 3. The summed E-state index contributed by atoms with van der Waals surface area (Å²) in [5, 5.41) is 14.3. The van der Waals surface area contributed by atoms with Crippen molar-refractivity contribution in [3.05, 3.63) is 59.7 Å². The van der Waals surface area contributed by atoms with E-state index in [-0.39, 0.29) is 31.1 Å². The summed E-state index contributed by atoms with van der Waals surface area (Å²) in [6.45, 7) is 4.31. The molecule has 2 aromatic rings. The molecule has 1 aliphatic carbocycles. The predicted octanol–water partition coefficient (Wildman–Crippen LogP) is 3.55. The van der Waals surface area contributed by atoms with Gasteiger partial charge in [-0.2, -0.15) is 0 Å². The normalized spacial score (nSPS) is 14.9. The number of aliphatic carboxylic acids is 1. The highest BCUT2D eigenvalue weighted by molar-refractivity contribution is 5.89. The molecular weight excluding hydrogens is 436 g/mol. The number of amides is 2. The lowest BCUT2D eigenvalue weighted by Gasteiger charge is -2.23. The summed E-state index contributed by atoms with van der Waals surface area (Å²) in [4.78, 5) is 36.5. The zero-order valence-corrected chi connectivity index (χ0v) is 19.7. The molecule has 8 heteroatoms. The first-order valence-corrected chi connectivity index (χ1v) is 11.5. The molecule has 2 aromatic carbocycles. The van der Waals surface area contributed by atoms with Gasteiger partial charge in [0.25, 0.3) is 0 Å². The number of methoxy groups -OCH3 is 1. The smallest absolute Gasteiger partial charge is 0.407 e. The molecule has 0 saturated carbocycles. The summed E-state index contributed by atoms with van der Waals surface area (Å²) in [7, 11) is 1.56. The molecule has 0 heterocycles. The first-order chi connectivity index (χ1) is 16.3. The molecule has 1 aliphatic rings. The molecule has 0 spiro atoms. The molecular formula is C26H32N2O6. The number of carboxylic acids is 1. The van der Waals surface area contributed by atoms with Crippen LogP contribution in [0.2, 0.25) is 0 Å². The fourth-order valence-electron chi connectivity index (χ4n) is 4.27. The lowest BCUT2D eigenvalue weighted by Crippen LogP contribution is -2.50. The van der Waals surface area contributed by atoms with Crippen LogP contribution in [0.4, 0.5) is 4.79 Å². The van der Waals surface area contributed by atoms with E-state index in [0.717, 1.165) is 28.7 Å². The van der Waals surface area contributed by atoms with Crippen LogP contribution < -0.4 is 10.6 Å². The van der Waals surface area contributed by atoms with Crippen LogP contribution in [0.1, 0.15) is 43.7 Å². The van der Waals surface area contributed by atoms with Crippen molar-refractivity contribution in [2.75, 3.05) is 20.3 Å². The third kappa shape index (κ3) is 5.94. The number of alkyl carbamates (subject to hydrolysis) is 1. The number of fused-ring (bicyclic) bond motifs is 3. The third-order valence-electron chi connectivity index (χ3n) is 6.39. The van der Waals surface area contributed by atoms with E-state index >= 15 is 0 Å². The van der Waals surface area contributed by atoms with Gasteiger partial charge in [0.15, 0.2) is 0 Å². The molecule has 0 bridgehead atoms. The fourth-order valence-corrected chi connectivity index (χ4v) is 4.27. The number of ether oxygens (including phenoxy) is 2. The summed E-state index contributed by atoms with van der Waals surface area (Å²) in [5.74, 6) is -1.73. The van der Waals surface area contributed by atoms with Crippen LogP contribution in [0.3, 0.4) is 0 Å². The van der Waals surface area contributed by atoms with Crippen LogP contribution in [-0.2, 0) is 19.1 Å². The SMILES string of the molecule is CCC(C)C(CNC(=O)C(CC(=O)O)NC(=O)OCC1c2ccccc2-c2ccccc21)OC. The standard InChI is InChI=1S/C26H32N2O6/c1-4-16(2)23(33-3)14-27-25(31)22(13-24(29)30)28-26(32)34-15-21-19-11-7-5-9-17(19)18-10-6-8-12-20(18)21/h5-12,16,21-23H,4,13-15H2,1-3H3,(H,27,31)(H,28,32)(H,29,30). The number of carbonyl (C=O) groups excluding carboxylic acids is 2. The summed E-state index contributed by atoms with van der Waals surface area (Å²) >= 11 is 0.